The quantitative estimate of drug-likeness (QED) is 0.558. The Labute approximate surface area is 167 Å². The van der Waals surface area contributed by atoms with Gasteiger partial charge < -0.3 is 14.1 Å². The highest BCUT2D eigenvalue weighted by Crippen LogP contribution is 2.26. The highest BCUT2D eigenvalue weighted by atomic mass is 35.5. The lowest BCUT2D eigenvalue weighted by Gasteiger charge is -2.38. The minimum absolute atomic E-state index is 0.129. The Morgan fingerprint density at radius 2 is 1.78 bits per heavy atom. The van der Waals surface area contributed by atoms with Crippen LogP contribution in [0, 0.1) is 0 Å². The van der Waals surface area contributed by atoms with Gasteiger partial charge in [-0.25, -0.2) is 4.79 Å². The molecule has 6 nitrogen and oxygen atoms in total. The van der Waals surface area contributed by atoms with Crippen LogP contribution in [0.5, 0.6) is 0 Å². The fourth-order valence-electron chi connectivity index (χ4n) is 3.14. The molecule has 0 spiro atoms. The maximum absolute atomic E-state index is 12.6. The number of amides is 1. The van der Waals surface area contributed by atoms with Gasteiger partial charge in [-0.2, -0.15) is 0 Å². The minimum Gasteiger partial charge on any atom is -0.468 e. The molecular formula is C19H21ClN2O4S. The van der Waals surface area contributed by atoms with Crippen molar-refractivity contribution in [2.24, 2.45) is 0 Å². The van der Waals surface area contributed by atoms with Crippen LogP contribution >= 0.6 is 23.4 Å². The number of esters is 1. The van der Waals surface area contributed by atoms with E-state index < -0.39 is 6.04 Å². The molecular weight excluding hydrogens is 388 g/mol. The van der Waals surface area contributed by atoms with Gasteiger partial charge in [-0.05, 0) is 36.1 Å². The van der Waals surface area contributed by atoms with Crippen LogP contribution in [0.25, 0.3) is 0 Å². The first-order valence-corrected chi connectivity index (χ1v) is 10.1. The number of carbonyl (C=O) groups is 2. The van der Waals surface area contributed by atoms with Crippen LogP contribution < -0.4 is 0 Å². The molecule has 1 aliphatic rings. The molecule has 8 heteroatoms. The molecule has 2 heterocycles. The second-order valence-corrected chi connectivity index (χ2v) is 7.38. The smallest absolute Gasteiger partial charge is 0.327 e. The van der Waals surface area contributed by atoms with Crippen LogP contribution in [0.2, 0.25) is 5.02 Å². The average Bonchev–Trinajstić information content (AvgIpc) is 3.18. The molecule has 0 N–H and O–H groups in total. The molecule has 1 amide bonds. The Balaban J connectivity index is 1.69. The van der Waals surface area contributed by atoms with Crippen molar-refractivity contribution in [2.75, 3.05) is 39.5 Å². The third kappa shape index (κ3) is 4.48. The molecule has 0 radical (unpaired) electrons. The summed E-state index contributed by atoms with van der Waals surface area (Å²) in [7, 11) is 1.38. The summed E-state index contributed by atoms with van der Waals surface area (Å²) < 4.78 is 10.5. The Hall–Kier alpha value is -1.96. The highest BCUT2D eigenvalue weighted by molar-refractivity contribution is 7.98. The van der Waals surface area contributed by atoms with E-state index in [-0.39, 0.29) is 11.9 Å². The van der Waals surface area contributed by atoms with Gasteiger partial charge in [0.15, 0.2) is 10.9 Å². The second kappa shape index (κ2) is 8.82. The number of halogens is 1. The lowest BCUT2D eigenvalue weighted by Crippen LogP contribution is -2.51. The van der Waals surface area contributed by atoms with Crippen LogP contribution in [-0.2, 0) is 9.53 Å². The van der Waals surface area contributed by atoms with Gasteiger partial charge in [-0.1, -0.05) is 35.5 Å². The summed E-state index contributed by atoms with van der Waals surface area (Å²) in [6, 6.07) is 10.1. The molecule has 27 heavy (non-hydrogen) atoms. The number of hydrogen-bond donors (Lipinski definition) is 0. The molecule has 1 fully saturated rings. The fraction of sp³-hybridized carbons (Fsp3) is 0.368. The van der Waals surface area contributed by atoms with Gasteiger partial charge >= 0.3 is 5.97 Å². The number of hydrogen-bond acceptors (Lipinski definition) is 6. The lowest BCUT2D eigenvalue weighted by atomic mass is 10.0. The molecule has 1 aromatic carbocycles. The van der Waals surface area contributed by atoms with E-state index in [1.54, 1.807) is 29.2 Å². The zero-order chi connectivity index (χ0) is 19.4. The summed E-state index contributed by atoms with van der Waals surface area (Å²) in [6.45, 7) is 2.14. The van der Waals surface area contributed by atoms with Gasteiger partial charge in [0.1, 0.15) is 6.04 Å². The number of piperazine rings is 1. The number of rotatable bonds is 5. The summed E-state index contributed by atoms with van der Waals surface area (Å²) in [5.41, 5.74) is 0.821. The number of carbonyl (C=O) groups excluding carboxylic acids is 2. The predicted molar refractivity (Wildman–Crippen MR) is 104 cm³/mol. The topological polar surface area (TPSA) is 63.0 Å². The Kier molecular flexibility index (Phi) is 6.46. The van der Waals surface area contributed by atoms with E-state index in [4.69, 9.17) is 20.8 Å². The van der Waals surface area contributed by atoms with Crippen molar-refractivity contribution in [1.29, 1.82) is 0 Å². The van der Waals surface area contributed by atoms with Crippen molar-refractivity contribution in [2.45, 2.75) is 11.1 Å². The molecule has 1 atom stereocenters. The van der Waals surface area contributed by atoms with Crippen LogP contribution in [-0.4, -0.2) is 61.2 Å². The first kappa shape index (κ1) is 19.8. The van der Waals surface area contributed by atoms with E-state index in [2.05, 4.69) is 0 Å². The minimum atomic E-state index is -0.517. The number of ether oxygens (including phenoxy) is 1. The molecule has 1 aromatic heterocycles. The van der Waals surface area contributed by atoms with Gasteiger partial charge in [-0.3, -0.25) is 9.69 Å². The Morgan fingerprint density at radius 1 is 1.11 bits per heavy atom. The van der Waals surface area contributed by atoms with E-state index in [9.17, 15) is 9.59 Å². The van der Waals surface area contributed by atoms with Crippen molar-refractivity contribution < 1.29 is 18.7 Å². The molecule has 0 bridgehead atoms. The summed E-state index contributed by atoms with van der Waals surface area (Å²) >= 11 is 7.41. The molecule has 3 rings (SSSR count). The van der Waals surface area contributed by atoms with E-state index in [1.165, 1.54) is 18.9 Å². The summed E-state index contributed by atoms with van der Waals surface area (Å²) in [6.07, 6.45) is 1.90. The SMILES string of the molecule is COC(=O)C(c1ccc(Cl)cc1)N1CCN(C(=O)c2ccc(SC)o2)CC1. The van der Waals surface area contributed by atoms with E-state index >= 15 is 0 Å². The van der Waals surface area contributed by atoms with Crippen LogP contribution in [0.15, 0.2) is 45.9 Å². The normalized spacial score (nSPS) is 16.2. The molecule has 1 saturated heterocycles. The highest BCUT2D eigenvalue weighted by Gasteiger charge is 2.33. The number of furan rings is 1. The van der Waals surface area contributed by atoms with Crippen molar-refractivity contribution in [3.63, 3.8) is 0 Å². The largest absolute Gasteiger partial charge is 0.468 e. The number of benzene rings is 1. The summed E-state index contributed by atoms with van der Waals surface area (Å²) in [5.74, 6) is -0.112. The van der Waals surface area contributed by atoms with Gasteiger partial charge in [0, 0.05) is 31.2 Å². The fourth-order valence-corrected chi connectivity index (χ4v) is 3.64. The van der Waals surface area contributed by atoms with Crippen LogP contribution in [0.4, 0.5) is 0 Å². The van der Waals surface area contributed by atoms with Gasteiger partial charge in [0.05, 0.1) is 7.11 Å². The molecule has 0 saturated carbocycles. The lowest BCUT2D eigenvalue weighted by molar-refractivity contribution is -0.148. The molecule has 0 aliphatic carbocycles. The maximum atomic E-state index is 12.6. The van der Waals surface area contributed by atoms with E-state index in [1.807, 2.05) is 23.3 Å². The average molecular weight is 409 g/mol. The Bertz CT molecular complexity index is 800. The van der Waals surface area contributed by atoms with Gasteiger partial charge in [0.25, 0.3) is 5.91 Å². The first-order chi connectivity index (χ1) is 13.0. The molecule has 2 aromatic rings. The van der Waals surface area contributed by atoms with Crippen molar-refractivity contribution in [1.82, 2.24) is 9.80 Å². The van der Waals surface area contributed by atoms with Crippen molar-refractivity contribution >= 4 is 35.2 Å². The third-order valence-corrected chi connectivity index (χ3v) is 5.44. The van der Waals surface area contributed by atoms with Crippen molar-refractivity contribution in [3.8, 4) is 0 Å². The maximum Gasteiger partial charge on any atom is 0.327 e. The zero-order valence-corrected chi connectivity index (χ0v) is 16.8. The van der Waals surface area contributed by atoms with Crippen LogP contribution in [0.3, 0.4) is 0 Å². The Morgan fingerprint density at radius 3 is 2.33 bits per heavy atom. The van der Waals surface area contributed by atoms with Crippen LogP contribution in [0.1, 0.15) is 22.2 Å². The third-order valence-electron chi connectivity index (χ3n) is 4.57. The number of thioether (sulfide) groups is 1. The summed E-state index contributed by atoms with van der Waals surface area (Å²) in [4.78, 5) is 28.7. The zero-order valence-electron chi connectivity index (χ0n) is 15.2. The standard InChI is InChI=1S/C19H21ClN2O4S/c1-25-19(24)17(13-3-5-14(20)6-4-13)21-9-11-22(12-10-21)18(23)15-7-8-16(26-15)27-2/h3-8,17H,9-12H2,1-2H3. The van der Waals surface area contributed by atoms with Gasteiger partial charge in [0.2, 0.25) is 0 Å². The summed E-state index contributed by atoms with van der Waals surface area (Å²) in [5, 5.41) is 1.33. The number of nitrogens with zero attached hydrogens (tertiary/aromatic N) is 2. The second-order valence-electron chi connectivity index (χ2n) is 6.13. The van der Waals surface area contributed by atoms with E-state index in [0.717, 1.165) is 5.56 Å². The number of methoxy groups -OCH3 is 1. The molecule has 144 valence electrons. The molecule has 1 aliphatic heterocycles. The van der Waals surface area contributed by atoms with Gasteiger partial charge in [-0.15, -0.1) is 0 Å². The predicted octanol–water partition coefficient (Wildman–Crippen LogP) is 3.33. The molecule has 1 unspecified atom stereocenters. The van der Waals surface area contributed by atoms with Crippen molar-refractivity contribution in [3.05, 3.63) is 52.7 Å². The first-order valence-electron chi connectivity index (χ1n) is 8.54. The van der Waals surface area contributed by atoms with E-state index in [0.29, 0.717) is 42.1 Å². The monoisotopic (exact) mass is 408 g/mol.